The second-order valence-corrected chi connectivity index (χ2v) is 9.30. The summed E-state index contributed by atoms with van der Waals surface area (Å²) in [6, 6.07) is -0.349. The van der Waals surface area contributed by atoms with E-state index in [1.165, 1.54) is 18.1 Å². The fourth-order valence-corrected chi connectivity index (χ4v) is 4.01. The van der Waals surface area contributed by atoms with Crippen LogP contribution in [0.1, 0.15) is 66.7 Å². The molecule has 0 saturated carbocycles. The van der Waals surface area contributed by atoms with E-state index in [9.17, 15) is 14.4 Å². The SMILES string of the molecule is COC1=CC(=O)N(C(=O)/C(C)=C/[C@H](C)CC/C(=C/Cl)CCCN(C)C(C)=O)[C@H]1CC(C)C. The van der Waals surface area contributed by atoms with Crippen LogP contribution < -0.4 is 0 Å². The van der Waals surface area contributed by atoms with Gasteiger partial charge in [0, 0.05) is 37.7 Å². The van der Waals surface area contributed by atoms with Crippen molar-refractivity contribution in [3.05, 3.63) is 34.6 Å². The molecule has 0 bridgehead atoms. The lowest BCUT2D eigenvalue weighted by Gasteiger charge is -2.26. The maximum atomic E-state index is 13.1. The third-order valence-electron chi connectivity index (χ3n) is 5.77. The van der Waals surface area contributed by atoms with Gasteiger partial charge in [-0.25, -0.2) is 0 Å². The smallest absolute Gasteiger partial charge is 0.257 e. The molecule has 0 radical (unpaired) electrons. The van der Waals surface area contributed by atoms with Crippen LogP contribution in [-0.4, -0.2) is 54.3 Å². The summed E-state index contributed by atoms with van der Waals surface area (Å²) in [5.41, 5.74) is 3.32. The Morgan fingerprint density at radius 3 is 2.44 bits per heavy atom. The van der Waals surface area contributed by atoms with Crippen molar-refractivity contribution in [2.45, 2.75) is 72.8 Å². The van der Waals surface area contributed by atoms with Crippen LogP contribution in [0, 0.1) is 11.8 Å². The average molecular weight is 467 g/mol. The van der Waals surface area contributed by atoms with E-state index in [-0.39, 0.29) is 29.7 Å². The zero-order valence-electron chi connectivity index (χ0n) is 20.6. The van der Waals surface area contributed by atoms with Crippen LogP contribution in [0.25, 0.3) is 0 Å². The molecule has 0 aromatic rings. The number of allylic oxidation sites excluding steroid dienone is 2. The van der Waals surface area contributed by atoms with E-state index >= 15 is 0 Å². The van der Waals surface area contributed by atoms with E-state index in [1.54, 1.807) is 31.3 Å². The molecule has 3 amide bonds. The number of carbonyl (C=O) groups excluding carboxylic acids is 3. The third-order valence-corrected chi connectivity index (χ3v) is 6.08. The minimum atomic E-state index is -0.349. The summed E-state index contributed by atoms with van der Waals surface area (Å²) in [5, 5.41) is 0. The molecule has 0 saturated heterocycles. The Morgan fingerprint density at radius 2 is 1.91 bits per heavy atom. The predicted molar refractivity (Wildman–Crippen MR) is 129 cm³/mol. The Labute approximate surface area is 198 Å². The first kappa shape index (κ1) is 28.0. The first-order valence-corrected chi connectivity index (χ1v) is 11.8. The number of ether oxygens (including phenoxy) is 1. The van der Waals surface area contributed by atoms with Crippen molar-refractivity contribution in [3.8, 4) is 0 Å². The summed E-state index contributed by atoms with van der Waals surface area (Å²) < 4.78 is 5.36. The van der Waals surface area contributed by atoms with Crippen molar-refractivity contribution in [1.29, 1.82) is 0 Å². The summed E-state index contributed by atoms with van der Waals surface area (Å²) in [4.78, 5) is 39.9. The van der Waals surface area contributed by atoms with Crippen molar-refractivity contribution in [2.24, 2.45) is 11.8 Å². The number of hydrogen-bond donors (Lipinski definition) is 0. The Morgan fingerprint density at radius 1 is 1.25 bits per heavy atom. The van der Waals surface area contributed by atoms with Gasteiger partial charge in [0.25, 0.3) is 11.8 Å². The quantitative estimate of drug-likeness (QED) is 0.378. The molecule has 0 fully saturated rings. The number of carbonyl (C=O) groups is 3. The van der Waals surface area contributed by atoms with Crippen LogP contribution in [0.15, 0.2) is 34.6 Å². The van der Waals surface area contributed by atoms with E-state index in [4.69, 9.17) is 16.3 Å². The topological polar surface area (TPSA) is 66.9 Å². The maximum Gasteiger partial charge on any atom is 0.257 e. The zero-order valence-corrected chi connectivity index (χ0v) is 21.4. The van der Waals surface area contributed by atoms with Gasteiger partial charge in [0.2, 0.25) is 5.91 Å². The van der Waals surface area contributed by atoms with Crippen molar-refractivity contribution in [2.75, 3.05) is 20.7 Å². The molecule has 0 aromatic carbocycles. The van der Waals surface area contributed by atoms with Gasteiger partial charge in [-0.15, -0.1) is 0 Å². The fraction of sp³-hybridized carbons (Fsp3) is 0.640. The van der Waals surface area contributed by atoms with Gasteiger partial charge in [0.15, 0.2) is 0 Å². The van der Waals surface area contributed by atoms with Gasteiger partial charge in [-0.2, -0.15) is 0 Å². The van der Waals surface area contributed by atoms with Crippen molar-refractivity contribution in [1.82, 2.24) is 9.80 Å². The number of halogens is 1. The van der Waals surface area contributed by atoms with Gasteiger partial charge in [-0.1, -0.05) is 44.0 Å². The Hall–Kier alpha value is -2.08. The highest BCUT2D eigenvalue weighted by atomic mass is 35.5. The van der Waals surface area contributed by atoms with Crippen LogP contribution in [0.5, 0.6) is 0 Å². The van der Waals surface area contributed by atoms with E-state index < -0.39 is 0 Å². The summed E-state index contributed by atoms with van der Waals surface area (Å²) in [5.74, 6) is 0.489. The Kier molecular flexibility index (Phi) is 11.8. The Bertz CT molecular complexity index is 770. The van der Waals surface area contributed by atoms with Crippen LogP contribution in [0.2, 0.25) is 0 Å². The number of imide groups is 1. The average Bonchev–Trinajstić information content (AvgIpc) is 3.03. The highest BCUT2D eigenvalue weighted by molar-refractivity contribution is 6.25. The van der Waals surface area contributed by atoms with Crippen molar-refractivity contribution in [3.63, 3.8) is 0 Å². The number of nitrogens with zero attached hydrogens (tertiary/aromatic N) is 2. The molecule has 0 aliphatic carbocycles. The van der Waals surface area contributed by atoms with E-state index in [1.807, 2.05) is 6.08 Å². The van der Waals surface area contributed by atoms with Crippen LogP contribution in [-0.2, 0) is 19.1 Å². The van der Waals surface area contributed by atoms with Gasteiger partial charge < -0.3 is 9.64 Å². The van der Waals surface area contributed by atoms with Crippen molar-refractivity contribution >= 4 is 29.3 Å². The number of methoxy groups -OCH3 is 1. The highest BCUT2D eigenvalue weighted by Gasteiger charge is 2.38. The molecule has 1 heterocycles. The monoisotopic (exact) mass is 466 g/mol. The minimum absolute atomic E-state index is 0.0558. The summed E-state index contributed by atoms with van der Waals surface area (Å²) in [6.45, 7) is 10.2. The van der Waals surface area contributed by atoms with Crippen LogP contribution >= 0.6 is 11.6 Å². The molecule has 2 atom stereocenters. The van der Waals surface area contributed by atoms with Gasteiger partial charge in [-0.05, 0) is 50.9 Å². The van der Waals surface area contributed by atoms with E-state index in [2.05, 4.69) is 20.8 Å². The van der Waals surface area contributed by atoms with Crippen LogP contribution in [0.4, 0.5) is 0 Å². The first-order valence-electron chi connectivity index (χ1n) is 11.3. The third kappa shape index (κ3) is 8.45. The molecule has 0 spiro atoms. The molecule has 180 valence electrons. The number of amides is 3. The lowest BCUT2D eigenvalue weighted by atomic mass is 9.97. The lowest BCUT2D eigenvalue weighted by Crippen LogP contribution is -2.41. The standard InChI is InChI=1S/C25H39ClN2O4/c1-17(2)13-22-23(32-7)15-24(30)28(22)25(31)19(4)14-18(3)10-11-21(16-26)9-8-12-27(6)20(5)29/h14-18,22H,8-13H2,1-7H3/b19-14+,21-16+/t18-,22+/m1/s1. The predicted octanol–water partition coefficient (Wildman–Crippen LogP) is 5.04. The van der Waals surface area contributed by atoms with Gasteiger partial charge >= 0.3 is 0 Å². The first-order chi connectivity index (χ1) is 15.0. The van der Waals surface area contributed by atoms with Gasteiger partial charge in [0.1, 0.15) is 5.76 Å². The number of hydrogen-bond acceptors (Lipinski definition) is 4. The molecular formula is C25H39ClN2O4. The maximum absolute atomic E-state index is 13.1. The largest absolute Gasteiger partial charge is 0.499 e. The molecule has 32 heavy (non-hydrogen) atoms. The minimum Gasteiger partial charge on any atom is -0.499 e. The van der Waals surface area contributed by atoms with Gasteiger partial charge in [0.05, 0.1) is 13.2 Å². The zero-order chi connectivity index (χ0) is 24.4. The Balaban J connectivity index is 2.69. The van der Waals surface area contributed by atoms with Crippen molar-refractivity contribution < 1.29 is 19.1 Å². The molecule has 0 N–H and O–H groups in total. The molecule has 7 heteroatoms. The normalized spacial score (nSPS) is 18.2. The van der Waals surface area contributed by atoms with Crippen LogP contribution in [0.3, 0.4) is 0 Å². The summed E-state index contributed by atoms with van der Waals surface area (Å²) in [7, 11) is 3.33. The molecule has 6 nitrogen and oxygen atoms in total. The van der Waals surface area contributed by atoms with Gasteiger partial charge in [-0.3, -0.25) is 19.3 Å². The summed E-state index contributed by atoms with van der Waals surface area (Å²) in [6.07, 6.45) is 7.38. The second-order valence-electron chi connectivity index (χ2n) is 9.09. The second kappa shape index (κ2) is 13.5. The molecule has 1 aliphatic rings. The lowest BCUT2D eigenvalue weighted by molar-refractivity contribution is -0.140. The molecule has 0 unspecified atom stereocenters. The molecular weight excluding hydrogens is 428 g/mol. The molecule has 0 aromatic heterocycles. The fourth-order valence-electron chi connectivity index (χ4n) is 3.79. The highest BCUT2D eigenvalue weighted by Crippen LogP contribution is 2.28. The molecule has 1 aliphatic heterocycles. The van der Waals surface area contributed by atoms with E-state index in [0.717, 1.165) is 31.3 Å². The molecule has 1 rings (SSSR count). The van der Waals surface area contributed by atoms with E-state index in [0.29, 0.717) is 30.2 Å². The summed E-state index contributed by atoms with van der Waals surface area (Å²) >= 11 is 6.00. The number of rotatable bonds is 12.